The van der Waals surface area contributed by atoms with Crippen molar-refractivity contribution >= 4 is 27.0 Å². The number of nitrogens with zero attached hydrogens (tertiary/aromatic N) is 2. The van der Waals surface area contributed by atoms with Gasteiger partial charge in [0.15, 0.2) is 0 Å². The number of imidazole rings is 1. The molecule has 0 atom stereocenters. The topological polar surface area (TPSA) is 101 Å². The number of rotatable bonds is 5. The highest BCUT2D eigenvalue weighted by Crippen LogP contribution is 2.15. The second kappa shape index (κ2) is 4.98. The minimum atomic E-state index is -3.23. The van der Waals surface area contributed by atoms with Gasteiger partial charge in [-0.1, -0.05) is 0 Å². The van der Waals surface area contributed by atoms with E-state index in [0.717, 1.165) is 6.26 Å². The average molecular weight is 283 g/mol. The molecule has 19 heavy (non-hydrogen) atoms. The van der Waals surface area contributed by atoms with Crippen molar-refractivity contribution in [3.05, 3.63) is 30.1 Å². The van der Waals surface area contributed by atoms with Crippen molar-refractivity contribution in [1.29, 1.82) is 0 Å². The van der Waals surface area contributed by atoms with E-state index in [1.807, 2.05) is 0 Å². The molecular weight excluding hydrogens is 270 g/mol. The first-order valence-electron chi connectivity index (χ1n) is 5.49. The average Bonchev–Trinajstić information content (AvgIpc) is 2.70. The second-order valence-corrected chi connectivity index (χ2v) is 5.95. The van der Waals surface area contributed by atoms with Crippen LogP contribution in [0.4, 0.5) is 0 Å². The number of carboxylic acid groups (broad SMARTS) is 1. The Labute approximate surface area is 109 Å². The lowest BCUT2D eigenvalue weighted by Crippen LogP contribution is -2.25. The summed E-state index contributed by atoms with van der Waals surface area (Å²) in [4.78, 5) is 15.0. The lowest BCUT2D eigenvalue weighted by atomic mass is 10.2. The Kier molecular flexibility index (Phi) is 3.54. The van der Waals surface area contributed by atoms with Crippen LogP contribution in [0, 0.1) is 0 Å². The number of fused-ring (bicyclic) bond motifs is 1. The van der Waals surface area contributed by atoms with Gasteiger partial charge in [-0.3, -0.25) is 0 Å². The Hall–Kier alpha value is -1.93. The number of aromatic nitrogens is 2. The Morgan fingerprint density at radius 1 is 1.47 bits per heavy atom. The van der Waals surface area contributed by atoms with E-state index in [9.17, 15) is 13.2 Å². The zero-order valence-corrected chi connectivity index (χ0v) is 11.0. The highest BCUT2D eigenvalue weighted by Gasteiger charge is 2.08. The van der Waals surface area contributed by atoms with Crippen LogP contribution in [-0.2, 0) is 16.6 Å². The summed E-state index contributed by atoms with van der Waals surface area (Å²) >= 11 is 0. The van der Waals surface area contributed by atoms with Crippen molar-refractivity contribution in [1.82, 2.24) is 14.3 Å². The van der Waals surface area contributed by atoms with Crippen LogP contribution >= 0.6 is 0 Å². The minimum Gasteiger partial charge on any atom is -0.478 e. The lowest BCUT2D eigenvalue weighted by Gasteiger charge is -2.05. The van der Waals surface area contributed by atoms with Gasteiger partial charge in [-0.25, -0.2) is 22.9 Å². The highest BCUT2D eigenvalue weighted by atomic mass is 32.2. The maximum Gasteiger partial charge on any atom is 0.335 e. The van der Waals surface area contributed by atoms with Crippen molar-refractivity contribution in [2.45, 2.75) is 6.54 Å². The number of aromatic carboxylic acids is 1. The monoisotopic (exact) mass is 283 g/mol. The fourth-order valence-corrected chi connectivity index (χ4v) is 2.18. The predicted octanol–water partition coefficient (Wildman–Crippen LogP) is 0.284. The van der Waals surface area contributed by atoms with E-state index in [2.05, 4.69) is 9.71 Å². The van der Waals surface area contributed by atoms with Crippen LogP contribution in [0.25, 0.3) is 11.0 Å². The van der Waals surface area contributed by atoms with Crippen LogP contribution in [0.2, 0.25) is 0 Å². The second-order valence-electron chi connectivity index (χ2n) is 4.11. The summed E-state index contributed by atoms with van der Waals surface area (Å²) in [5, 5.41) is 8.93. The minimum absolute atomic E-state index is 0.172. The molecule has 0 fully saturated rings. The van der Waals surface area contributed by atoms with Gasteiger partial charge in [-0.05, 0) is 18.2 Å². The number of carbonyl (C=O) groups is 1. The molecule has 2 N–H and O–H groups in total. The van der Waals surface area contributed by atoms with Crippen molar-refractivity contribution in [3.63, 3.8) is 0 Å². The van der Waals surface area contributed by atoms with Gasteiger partial charge in [0.25, 0.3) is 0 Å². The van der Waals surface area contributed by atoms with Crippen LogP contribution in [0.5, 0.6) is 0 Å². The molecule has 7 nitrogen and oxygen atoms in total. The first-order valence-corrected chi connectivity index (χ1v) is 7.39. The molecule has 2 aromatic rings. The number of sulfonamides is 1. The third-order valence-electron chi connectivity index (χ3n) is 2.58. The third-order valence-corrected chi connectivity index (χ3v) is 3.31. The normalized spacial score (nSPS) is 11.8. The Morgan fingerprint density at radius 2 is 2.21 bits per heavy atom. The maximum absolute atomic E-state index is 11.0. The summed E-state index contributed by atoms with van der Waals surface area (Å²) in [6.07, 6.45) is 2.64. The first kappa shape index (κ1) is 13.5. The first-order chi connectivity index (χ1) is 8.87. The van der Waals surface area contributed by atoms with Crippen LogP contribution in [0.3, 0.4) is 0 Å². The summed E-state index contributed by atoms with van der Waals surface area (Å²) in [7, 11) is -3.23. The van der Waals surface area contributed by atoms with Gasteiger partial charge < -0.3 is 9.67 Å². The molecule has 2 rings (SSSR count). The largest absolute Gasteiger partial charge is 0.478 e. The van der Waals surface area contributed by atoms with Crippen LogP contribution in [-0.4, -0.2) is 41.8 Å². The molecule has 0 unspecified atom stereocenters. The zero-order chi connectivity index (χ0) is 14.0. The molecular formula is C11H13N3O4S. The number of carboxylic acids is 1. The smallest absolute Gasteiger partial charge is 0.335 e. The molecule has 0 bridgehead atoms. The quantitative estimate of drug-likeness (QED) is 0.821. The fraction of sp³-hybridized carbons (Fsp3) is 0.273. The molecule has 0 aliphatic rings. The van der Waals surface area contributed by atoms with Gasteiger partial charge in [0.1, 0.15) is 0 Å². The Bertz CT molecular complexity index is 721. The molecule has 1 aromatic carbocycles. The fourth-order valence-electron chi connectivity index (χ4n) is 1.72. The zero-order valence-electron chi connectivity index (χ0n) is 10.2. The number of hydrogen-bond acceptors (Lipinski definition) is 4. The van der Waals surface area contributed by atoms with Gasteiger partial charge in [0, 0.05) is 13.1 Å². The molecule has 1 heterocycles. The standard InChI is InChI=1S/C11H13N3O4S/c1-19(17,18)13-4-5-14-7-12-9-3-2-8(11(15)16)6-10(9)14/h2-3,6-7,13H,4-5H2,1H3,(H,15,16). The van der Waals surface area contributed by atoms with Gasteiger partial charge in [-0.15, -0.1) is 0 Å². The van der Waals surface area contributed by atoms with E-state index in [-0.39, 0.29) is 12.1 Å². The van der Waals surface area contributed by atoms with E-state index in [1.165, 1.54) is 12.1 Å². The molecule has 0 aliphatic heterocycles. The highest BCUT2D eigenvalue weighted by molar-refractivity contribution is 7.88. The van der Waals surface area contributed by atoms with E-state index in [0.29, 0.717) is 17.6 Å². The molecule has 0 spiro atoms. The molecule has 1 aromatic heterocycles. The third kappa shape index (κ3) is 3.30. The predicted molar refractivity (Wildman–Crippen MR) is 69.5 cm³/mol. The van der Waals surface area contributed by atoms with Crippen molar-refractivity contribution in [2.24, 2.45) is 0 Å². The Balaban J connectivity index is 2.23. The van der Waals surface area contributed by atoms with E-state index in [1.54, 1.807) is 17.0 Å². The van der Waals surface area contributed by atoms with Crippen LogP contribution in [0.1, 0.15) is 10.4 Å². The summed E-state index contributed by atoms with van der Waals surface area (Å²) in [5.41, 5.74) is 1.50. The summed E-state index contributed by atoms with van der Waals surface area (Å²) in [6.45, 7) is 0.605. The summed E-state index contributed by atoms with van der Waals surface area (Å²) in [5.74, 6) is -1.01. The maximum atomic E-state index is 11.0. The van der Waals surface area contributed by atoms with Gasteiger partial charge in [-0.2, -0.15) is 0 Å². The molecule has 0 amide bonds. The molecule has 0 saturated heterocycles. The van der Waals surface area contributed by atoms with E-state index in [4.69, 9.17) is 5.11 Å². The van der Waals surface area contributed by atoms with Crippen LogP contribution < -0.4 is 4.72 Å². The van der Waals surface area contributed by atoms with Gasteiger partial charge in [0.2, 0.25) is 10.0 Å². The van der Waals surface area contributed by atoms with Crippen molar-refractivity contribution in [3.8, 4) is 0 Å². The molecule has 0 aliphatic carbocycles. The molecule has 0 saturated carbocycles. The van der Waals surface area contributed by atoms with E-state index >= 15 is 0 Å². The van der Waals surface area contributed by atoms with Gasteiger partial charge >= 0.3 is 5.97 Å². The SMILES string of the molecule is CS(=O)(=O)NCCn1cnc2ccc(C(=O)O)cc21. The lowest BCUT2D eigenvalue weighted by molar-refractivity contribution is 0.0697. The van der Waals surface area contributed by atoms with Gasteiger partial charge in [0.05, 0.1) is 29.2 Å². The molecule has 102 valence electrons. The summed E-state index contributed by atoms with van der Waals surface area (Å²) in [6, 6.07) is 4.63. The summed E-state index contributed by atoms with van der Waals surface area (Å²) < 4.78 is 26.0. The van der Waals surface area contributed by atoms with E-state index < -0.39 is 16.0 Å². The number of benzene rings is 1. The number of nitrogens with one attached hydrogen (secondary N) is 1. The molecule has 8 heteroatoms. The van der Waals surface area contributed by atoms with Crippen molar-refractivity contribution < 1.29 is 18.3 Å². The molecule has 0 radical (unpaired) electrons. The Morgan fingerprint density at radius 3 is 2.84 bits per heavy atom. The van der Waals surface area contributed by atoms with Crippen molar-refractivity contribution in [2.75, 3.05) is 12.8 Å². The number of hydrogen-bond donors (Lipinski definition) is 2. The van der Waals surface area contributed by atoms with Crippen LogP contribution in [0.15, 0.2) is 24.5 Å².